The summed E-state index contributed by atoms with van der Waals surface area (Å²) >= 11 is 0. The number of aliphatic imine (C=N–C) groups is 1. The Labute approximate surface area is 165 Å². The average molecular weight is 452 g/mol. The Hall–Kier alpha value is -0.0800. The molecule has 1 aliphatic heterocycles. The van der Waals surface area contributed by atoms with Crippen LogP contribution in [0.2, 0.25) is 0 Å². The lowest BCUT2D eigenvalue weighted by molar-refractivity contribution is 0.137. The highest BCUT2D eigenvalue weighted by Gasteiger charge is 2.31. The van der Waals surface area contributed by atoms with Crippen LogP contribution in [0.5, 0.6) is 0 Å². The van der Waals surface area contributed by atoms with Gasteiger partial charge in [0, 0.05) is 32.3 Å². The molecule has 2 rings (SSSR count). The minimum atomic E-state index is 0. The molecule has 142 valence electrons. The molecule has 1 unspecified atom stereocenters. The molecule has 1 heterocycles. The normalized spacial score (nSPS) is 24.5. The summed E-state index contributed by atoms with van der Waals surface area (Å²) in [5.41, 5.74) is 0.222. The van der Waals surface area contributed by atoms with Crippen molar-refractivity contribution in [3.8, 4) is 0 Å². The first-order valence-electron chi connectivity index (χ1n) is 9.52. The van der Waals surface area contributed by atoms with E-state index in [-0.39, 0.29) is 36.0 Å². The van der Waals surface area contributed by atoms with Crippen LogP contribution in [0.1, 0.15) is 58.3 Å². The average Bonchev–Trinajstić information content (AvgIpc) is 2.96. The van der Waals surface area contributed by atoms with Crippen LogP contribution in [0.3, 0.4) is 0 Å². The fourth-order valence-electron chi connectivity index (χ4n) is 4.07. The summed E-state index contributed by atoms with van der Waals surface area (Å²) in [5, 5.41) is 16.3. The number of halogens is 1. The van der Waals surface area contributed by atoms with E-state index in [9.17, 15) is 5.11 Å². The number of aliphatic hydroxyl groups excluding tert-OH is 1. The second-order valence-electron chi connectivity index (χ2n) is 7.39. The molecule has 0 aromatic carbocycles. The van der Waals surface area contributed by atoms with Crippen molar-refractivity contribution < 1.29 is 5.11 Å². The van der Waals surface area contributed by atoms with Crippen LogP contribution in [0.25, 0.3) is 0 Å². The number of hydrogen-bond donors (Lipinski definition) is 3. The first kappa shape index (κ1) is 22.0. The molecular formula is C18H37IN4O. The minimum absolute atomic E-state index is 0. The van der Waals surface area contributed by atoms with Gasteiger partial charge in [-0.2, -0.15) is 0 Å². The van der Waals surface area contributed by atoms with E-state index in [1.807, 2.05) is 0 Å². The van der Waals surface area contributed by atoms with Crippen molar-refractivity contribution in [3.63, 3.8) is 0 Å². The fourth-order valence-corrected chi connectivity index (χ4v) is 4.07. The van der Waals surface area contributed by atoms with Crippen LogP contribution >= 0.6 is 24.0 Å². The Morgan fingerprint density at radius 3 is 2.54 bits per heavy atom. The maximum atomic E-state index is 9.44. The Bertz CT molecular complexity index is 367. The van der Waals surface area contributed by atoms with Crippen molar-refractivity contribution in [3.05, 3.63) is 0 Å². The van der Waals surface area contributed by atoms with E-state index in [1.165, 1.54) is 51.5 Å². The van der Waals surface area contributed by atoms with E-state index < -0.39 is 0 Å². The number of likely N-dealkylation sites (tertiary alicyclic amines) is 1. The van der Waals surface area contributed by atoms with E-state index >= 15 is 0 Å². The van der Waals surface area contributed by atoms with E-state index in [1.54, 1.807) is 0 Å². The van der Waals surface area contributed by atoms with Gasteiger partial charge in [-0.25, -0.2) is 0 Å². The van der Waals surface area contributed by atoms with Gasteiger partial charge in [0.1, 0.15) is 0 Å². The molecule has 2 aliphatic rings. The third-order valence-electron chi connectivity index (χ3n) is 5.65. The van der Waals surface area contributed by atoms with Crippen LogP contribution in [-0.4, -0.2) is 61.8 Å². The van der Waals surface area contributed by atoms with Crippen molar-refractivity contribution >= 4 is 29.9 Å². The molecule has 2 fully saturated rings. The molecule has 1 aliphatic carbocycles. The number of nitrogens with zero attached hydrogens (tertiary/aromatic N) is 2. The lowest BCUT2D eigenvalue weighted by Crippen LogP contribution is -2.44. The molecule has 0 radical (unpaired) electrons. The molecular weight excluding hydrogens is 415 g/mol. The van der Waals surface area contributed by atoms with Crippen LogP contribution in [0.4, 0.5) is 0 Å². The first-order chi connectivity index (χ1) is 11.2. The van der Waals surface area contributed by atoms with Gasteiger partial charge in [-0.15, -0.1) is 24.0 Å². The number of nitrogens with one attached hydrogen (secondary N) is 2. The highest BCUT2D eigenvalue weighted by atomic mass is 127. The lowest BCUT2D eigenvalue weighted by atomic mass is 9.72. The van der Waals surface area contributed by atoms with E-state index in [2.05, 4.69) is 29.5 Å². The van der Waals surface area contributed by atoms with Gasteiger partial charge < -0.3 is 20.6 Å². The third kappa shape index (κ3) is 6.67. The number of aliphatic hydroxyl groups is 1. The number of guanidine groups is 1. The highest BCUT2D eigenvalue weighted by molar-refractivity contribution is 14.0. The SMILES string of the molecule is CCNC(=NCC1(CCO)CCCCC1)NCC1CCCN1C.I. The van der Waals surface area contributed by atoms with Gasteiger partial charge in [-0.1, -0.05) is 19.3 Å². The van der Waals surface area contributed by atoms with Crippen molar-refractivity contribution in [2.75, 3.05) is 39.8 Å². The predicted octanol–water partition coefficient (Wildman–Crippen LogP) is 2.59. The Morgan fingerprint density at radius 1 is 1.21 bits per heavy atom. The molecule has 1 saturated heterocycles. The molecule has 0 bridgehead atoms. The topological polar surface area (TPSA) is 59.9 Å². The van der Waals surface area contributed by atoms with Gasteiger partial charge in [-0.05, 0) is 58.0 Å². The molecule has 24 heavy (non-hydrogen) atoms. The van der Waals surface area contributed by atoms with Gasteiger partial charge in [0.05, 0.1) is 0 Å². The molecule has 0 aromatic heterocycles. The van der Waals surface area contributed by atoms with Gasteiger partial charge in [0.25, 0.3) is 0 Å². The van der Waals surface area contributed by atoms with Gasteiger partial charge in [0.15, 0.2) is 5.96 Å². The summed E-state index contributed by atoms with van der Waals surface area (Å²) in [5.74, 6) is 0.940. The maximum Gasteiger partial charge on any atom is 0.191 e. The molecule has 6 heteroatoms. The zero-order valence-electron chi connectivity index (χ0n) is 15.5. The number of hydrogen-bond acceptors (Lipinski definition) is 3. The summed E-state index contributed by atoms with van der Waals surface area (Å²) in [6, 6.07) is 0.625. The number of likely N-dealkylation sites (N-methyl/N-ethyl adjacent to an activating group) is 1. The van der Waals surface area contributed by atoms with Crippen LogP contribution in [-0.2, 0) is 0 Å². The summed E-state index contributed by atoms with van der Waals surface area (Å²) in [7, 11) is 2.21. The van der Waals surface area contributed by atoms with Gasteiger partial charge in [-0.3, -0.25) is 4.99 Å². The maximum absolute atomic E-state index is 9.44. The molecule has 5 nitrogen and oxygen atoms in total. The molecule has 0 spiro atoms. The summed E-state index contributed by atoms with van der Waals surface area (Å²) in [6.45, 7) is 6.30. The standard InChI is InChI=1S/C18H36N4O.HI/c1-3-19-17(20-14-16-8-7-12-22(16)2)21-15-18(11-13-23)9-5-4-6-10-18;/h16,23H,3-15H2,1-2H3,(H2,19,20,21);1H. The first-order valence-corrected chi connectivity index (χ1v) is 9.52. The minimum Gasteiger partial charge on any atom is -0.396 e. The number of rotatable bonds is 7. The molecule has 0 aromatic rings. The Kier molecular flexibility index (Phi) is 10.5. The van der Waals surface area contributed by atoms with Gasteiger partial charge >= 0.3 is 0 Å². The second kappa shape index (κ2) is 11.5. The lowest BCUT2D eigenvalue weighted by Gasteiger charge is -2.35. The zero-order chi connectivity index (χ0) is 16.5. The summed E-state index contributed by atoms with van der Waals surface area (Å²) in [4.78, 5) is 7.31. The highest BCUT2D eigenvalue weighted by Crippen LogP contribution is 2.39. The van der Waals surface area contributed by atoms with Crippen LogP contribution < -0.4 is 10.6 Å². The fraction of sp³-hybridized carbons (Fsp3) is 0.944. The Morgan fingerprint density at radius 2 is 1.96 bits per heavy atom. The van der Waals surface area contributed by atoms with Crippen LogP contribution in [0, 0.1) is 5.41 Å². The molecule has 1 saturated carbocycles. The summed E-state index contributed by atoms with van der Waals surface area (Å²) in [6.07, 6.45) is 9.79. The molecule has 0 amide bonds. The van der Waals surface area contributed by atoms with Crippen molar-refractivity contribution in [2.24, 2.45) is 10.4 Å². The molecule has 3 N–H and O–H groups in total. The third-order valence-corrected chi connectivity index (χ3v) is 5.65. The van der Waals surface area contributed by atoms with Crippen molar-refractivity contribution in [1.82, 2.24) is 15.5 Å². The van der Waals surface area contributed by atoms with E-state index in [0.717, 1.165) is 32.0 Å². The Balaban J connectivity index is 0.00000288. The summed E-state index contributed by atoms with van der Waals surface area (Å²) < 4.78 is 0. The quantitative estimate of drug-likeness (QED) is 0.316. The largest absolute Gasteiger partial charge is 0.396 e. The zero-order valence-corrected chi connectivity index (χ0v) is 17.8. The van der Waals surface area contributed by atoms with Crippen LogP contribution in [0.15, 0.2) is 4.99 Å². The van der Waals surface area contributed by atoms with E-state index in [4.69, 9.17) is 4.99 Å². The van der Waals surface area contributed by atoms with Crippen molar-refractivity contribution in [2.45, 2.75) is 64.3 Å². The van der Waals surface area contributed by atoms with Crippen molar-refractivity contribution in [1.29, 1.82) is 0 Å². The molecule has 1 atom stereocenters. The van der Waals surface area contributed by atoms with Gasteiger partial charge in [0.2, 0.25) is 0 Å². The second-order valence-corrected chi connectivity index (χ2v) is 7.39. The predicted molar refractivity (Wildman–Crippen MR) is 112 cm³/mol. The van der Waals surface area contributed by atoms with E-state index in [0.29, 0.717) is 6.04 Å². The monoisotopic (exact) mass is 452 g/mol. The smallest absolute Gasteiger partial charge is 0.191 e.